The number of rotatable bonds is 4. The molecule has 0 bridgehead atoms. The Hall–Kier alpha value is -1.72. The molecule has 0 saturated carbocycles. The van der Waals surface area contributed by atoms with Crippen LogP contribution in [0, 0.1) is 5.41 Å². The van der Waals surface area contributed by atoms with Crippen molar-refractivity contribution in [2.24, 2.45) is 5.41 Å². The first-order valence-corrected chi connectivity index (χ1v) is 8.03. The van der Waals surface area contributed by atoms with E-state index in [2.05, 4.69) is 18.7 Å². The Balaban J connectivity index is 2.14. The van der Waals surface area contributed by atoms with Crippen LogP contribution in [0.4, 0.5) is 24.5 Å². The number of nitrogens with zero attached hydrogens (tertiary/aromatic N) is 1. The van der Waals surface area contributed by atoms with Crippen molar-refractivity contribution in [3.05, 3.63) is 24.3 Å². The van der Waals surface area contributed by atoms with Gasteiger partial charge >= 0.3 is 12.1 Å². The SMILES string of the molecule is CCC1(CC)CCN(c2ccccc2NC(=O)C(F)(F)F)CC1. The second-order valence-electron chi connectivity index (χ2n) is 6.16. The molecule has 0 aliphatic carbocycles. The number of hydrogen-bond acceptors (Lipinski definition) is 2. The van der Waals surface area contributed by atoms with Gasteiger partial charge < -0.3 is 10.2 Å². The second-order valence-corrected chi connectivity index (χ2v) is 6.16. The van der Waals surface area contributed by atoms with E-state index in [0.717, 1.165) is 38.8 Å². The quantitative estimate of drug-likeness (QED) is 0.876. The molecule has 128 valence electrons. The van der Waals surface area contributed by atoms with Crippen LogP contribution in [0.25, 0.3) is 0 Å². The fourth-order valence-corrected chi connectivity index (χ4v) is 3.23. The van der Waals surface area contributed by atoms with Gasteiger partial charge in [-0.1, -0.05) is 38.8 Å². The smallest absolute Gasteiger partial charge is 0.370 e. The van der Waals surface area contributed by atoms with Gasteiger partial charge in [0.2, 0.25) is 0 Å². The van der Waals surface area contributed by atoms with Gasteiger partial charge in [-0.15, -0.1) is 0 Å². The van der Waals surface area contributed by atoms with Gasteiger partial charge in [0.1, 0.15) is 0 Å². The summed E-state index contributed by atoms with van der Waals surface area (Å²) in [7, 11) is 0. The highest BCUT2D eigenvalue weighted by Gasteiger charge is 2.39. The molecule has 0 atom stereocenters. The molecule has 1 fully saturated rings. The molecule has 0 radical (unpaired) electrons. The van der Waals surface area contributed by atoms with Crippen molar-refractivity contribution in [2.75, 3.05) is 23.3 Å². The van der Waals surface area contributed by atoms with E-state index in [0.29, 0.717) is 11.1 Å². The minimum Gasteiger partial charge on any atom is -0.370 e. The minimum absolute atomic E-state index is 0.218. The van der Waals surface area contributed by atoms with Gasteiger partial charge in [-0.05, 0) is 30.4 Å². The van der Waals surface area contributed by atoms with Crippen LogP contribution < -0.4 is 10.2 Å². The van der Waals surface area contributed by atoms with E-state index in [-0.39, 0.29) is 5.69 Å². The average Bonchev–Trinajstić information content (AvgIpc) is 2.55. The maximum absolute atomic E-state index is 12.5. The lowest BCUT2D eigenvalue weighted by Crippen LogP contribution is -2.40. The van der Waals surface area contributed by atoms with Gasteiger partial charge in [0, 0.05) is 13.1 Å². The summed E-state index contributed by atoms with van der Waals surface area (Å²) in [6.45, 7) is 5.97. The van der Waals surface area contributed by atoms with Crippen LogP contribution in [-0.2, 0) is 4.79 Å². The van der Waals surface area contributed by atoms with E-state index in [1.165, 1.54) is 6.07 Å². The lowest BCUT2D eigenvalue weighted by Gasteiger charge is -2.42. The summed E-state index contributed by atoms with van der Waals surface area (Å²) in [5.41, 5.74) is 1.21. The van der Waals surface area contributed by atoms with E-state index in [1.54, 1.807) is 18.2 Å². The van der Waals surface area contributed by atoms with Crippen LogP contribution >= 0.6 is 0 Å². The normalized spacial score (nSPS) is 17.9. The zero-order chi connectivity index (χ0) is 17.1. The molecule has 1 saturated heterocycles. The fraction of sp³-hybridized carbons (Fsp3) is 0.588. The molecule has 1 heterocycles. The number of alkyl halides is 3. The van der Waals surface area contributed by atoms with Gasteiger partial charge in [0.25, 0.3) is 0 Å². The Kier molecular flexibility index (Phi) is 5.22. The van der Waals surface area contributed by atoms with Crippen LogP contribution in [0.3, 0.4) is 0 Å². The van der Waals surface area contributed by atoms with Gasteiger partial charge in [-0.2, -0.15) is 13.2 Å². The Bertz CT molecular complexity index is 543. The van der Waals surface area contributed by atoms with Crippen molar-refractivity contribution in [3.63, 3.8) is 0 Å². The van der Waals surface area contributed by atoms with E-state index >= 15 is 0 Å². The van der Waals surface area contributed by atoms with E-state index in [9.17, 15) is 18.0 Å². The molecule has 0 spiro atoms. The molecule has 3 nitrogen and oxygen atoms in total. The predicted molar refractivity (Wildman–Crippen MR) is 85.6 cm³/mol. The zero-order valence-electron chi connectivity index (χ0n) is 13.5. The Labute approximate surface area is 134 Å². The van der Waals surface area contributed by atoms with E-state index in [1.807, 2.05) is 5.32 Å². The fourth-order valence-electron chi connectivity index (χ4n) is 3.23. The van der Waals surface area contributed by atoms with Crippen molar-refractivity contribution in [1.82, 2.24) is 0 Å². The summed E-state index contributed by atoms with van der Waals surface area (Å²) in [6, 6.07) is 6.68. The van der Waals surface area contributed by atoms with Crippen LogP contribution in [0.5, 0.6) is 0 Å². The van der Waals surface area contributed by atoms with Crippen molar-refractivity contribution in [3.8, 4) is 0 Å². The maximum atomic E-state index is 12.5. The van der Waals surface area contributed by atoms with Crippen molar-refractivity contribution < 1.29 is 18.0 Å². The summed E-state index contributed by atoms with van der Waals surface area (Å²) in [5.74, 6) is -1.93. The topological polar surface area (TPSA) is 32.3 Å². The molecule has 0 unspecified atom stereocenters. The lowest BCUT2D eigenvalue weighted by atomic mass is 9.74. The van der Waals surface area contributed by atoms with E-state index in [4.69, 9.17) is 0 Å². The molecule has 6 heteroatoms. The summed E-state index contributed by atoms with van der Waals surface area (Å²) in [4.78, 5) is 13.3. The third kappa shape index (κ3) is 3.98. The first-order valence-electron chi connectivity index (χ1n) is 8.03. The first kappa shape index (κ1) is 17.6. The molecule has 1 N–H and O–H groups in total. The largest absolute Gasteiger partial charge is 0.471 e. The van der Waals surface area contributed by atoms with Crippen molar-refractivity contribution >= 4 is 17.3 Å². The summed E-state index contributed by atoms with van der Waals surface area (Å²) < 4.78 is 37.4. The summed E-state index contributed by atoms with van der Waals surface area (Å²) >= 11 is 0. The number of carbonyl (C=O) groups excluding carboxylic acids is 1. The molecule has 1 aromatic carbocycles. The predicted octanol–water partition coefficient (Wildman–Crippen LogP) is 4.59. The Morgan fingerprint density at radius 1 is 1.17 bits per heavy atom. The zero-order valence-corrected chi connectivity index (χ0v) is 13.5. The number of hydrogen-bond donors (Lipinski definition) is 1. The molecule has 1 amide bonds. The standard InChI is InChI=1S/C17H23F3N2O/c1-3-16(4-2)9-11-22(12-10-16)14-8-6-5-7-13(14)21-15(23)17(18,19)20/h5-8H,3-4,9-12H2,1-2H3,(H,21,23). The molecule has 1 aromatic rings. The van der Waals surface area contributed by atoms with Crippen LogP contribution in [0.2, 0.25) is 0 Å². The lowest BCUT2D eigenvalue weighted by molar-refractivity contribution is -0.167. The summed E-state index contributed by atoms with van der Waals surface area (Å²) in [6.07, 6.45) is -0.620. The Morgan fingerprint density at radius 3 is 2.26 bits per heavy atom. The minimum atomic E-state index is -4.88. The molecule has 1 aliphatic rings. The number of benzene rings is 1. The van der Waals surface area contributed by atoms with Gasteiger partial charge in [0.15, 0.2) is 0 Å². The molecular weight excluding hydrogens is 305 g/mol. The number of carbonyl (C=O) groups is 1. The number of halogens is 3. The van der Waals surface area contributed by atoms with Crippen LogP contribution in [0.15, 0.2) is 24.3 Å². The highest BCUT2D eigenvalue weighted by Crippen LogP contribution is 2.40. The van der Waals surface area contributed by atoms with Gasteiger partial charge in [-0.3, -0.25) is 4.79 Å². The van der Waals surface area contributed by atoms with Gasteiger partial charge in [-0.25, -0.2) is 0 Å². The molecule has 23 heavy (non-hydrogen) atoms. The van der Waals surface area contributed by atoms with Crippen molar-refractivity contribution in [2.45, 2.75) is 45.7 Å². The molecule has 2 rings (SSSR count). The van der Waals surface area contributed by atoms with Gasteiger partial charge in [0.05, 0.1) is 11.4 Å². The second kappa shape index (κ2) is 6.81. The number of piperidine rings is 1. The van der Waals surface area contributed by atoms with Crippen LogP contribution in [0.1, 0.15) is 39.5 Å². The number of anilines is 2. The first-order chi connectivity index (χ1) is 10.8. The van der Waals surface area contributed by atoms with Crippen molar-refractivity contribution in [1.29, 1.82) is 0 Å². The Morgan fingerprint density at radius 2 is 1.74 bits per heavy atom. The number of amides is 1. The number of para-hydroxylation sites is 2. The third-order valence-corrected chi connectivity index (χ3v) is 5.07. The monoisotopic (exact) mass is 328 g/mol. The van der Waals surface area contributed by atoms with E-state index < -0.39 is 12.1 Å². The van der Waals surface area contributed by atoms with Crippen LogP contribution in [-0.4, -0.2) is 25.2 Å². The molecule has 0 aromatic heterocycles. The molecular formula is C17H23F3N2O. The molecule has 1 aliphatic heterocycles. The average molecular weight is 328 g/mol. The highest BCUT2D eigenvalue weighted by molar-refractivity contribution is 5.97. The summed E-state index contributed by atoms with van der Waals surface area (Å²) in [5, 5.41) is 1.99. The number of nitrogens with one attached hydrogen (secondary N) is 1. The maximum Gasteiger partial charge on any atom is 0.471 e. The highest BCUT2D eigenvalue weighted by atomic mass is 19.4. The third-order valence-electron chi connectivity index (χ3n) is 5.07.